The third kappa shape index (κ3) is 4.92. The molecule has 3 aromatic heterocycles. The maximum absolute atomic E-state index is 13.6. The van der Waals surface area contributed by atoms with Gasteiger partial charge in [0.25, 0.3) is 5.56 Å². The Morgan fingerprint density at radius 1 is 1.28 bits per heavy atom. The van der Waals surface area contributed by atoms with Crippen LogP contribution in [-0.4, -0.2) is 62.6 Å². The normalized spacial score (nSPS) is 16.4. The van der Waals surface area contributed by atoms with Crippen LogP contribution in [0.5, 0.6) is 0 Å². The fourth-order valence-corrected chi connectivity index (χ4v) is 5.42. The third-order valence-corrected chi connectivity index (χ3v) is 7.93. The Hall–Kier alpha value is -3.47. The summed E-state index contributed by atoms with van der Waals surface area (Å²) < 4.78 is 31.0. The molecule has 2 N–H and O–H groups in total. The predicted molar refractivity (Wildman–Crippen MR) is 137 cm³/mol. The van der Waals surface area contributed by atoms with Gasteiger partial charge in [0, 0.05) is 52.2 Å². The molecule has 0 aromatic carbocycles. The molecule has 12 nitrogen and oxygen atoms in total. The largest absolute Gasteiger partial charge is 0.341 e. The topological polar surface area (TPSA) is 141 Å². The van der Waals surface area contributed by atoms with Crippen LogP contribution in [-0.2, 0) is 36.0 Å². The number of hydrogen-bond donors (Lipinski definition) is 1. The molecular formula is C23H30N8O4S. The van der Waals surface area contributed by atoms with Gasteiger partial charge in [-0.2, -0.15) is 9.29 Å². The molecule has 0 bridgehead atoms. The van der Waals surface area contributed by atoms with Gasteiger partial charge in [-0.05, 0) is 31.4 Å². The molecule has 1 atom stereocenters. The SMILES string of the molecule is CC#CCn1c(N2CCCC(N)C2)nc2c1c(=O)n(CS(=O)(=O)N(C)Cc1cccnc1)c(=O)n2C. The molecule has 0 radical (unpaired) electrons. The monoisotopic (exact) mass is 514 g/mol. The van der Waals surface area contributed by atoms with Crippen molar-refractivity contribution in [3.63, 3.8) is 0 Å². The highest BCUT2D eigenvalue weighted by Gasteiger charge is 2.28. The molecule has 0 aliphatic carbocycles. The van der Waals surface area contributed by atoms with E-state index >= 15 is 0 Å². The number of sulfonamides is 1. The van der Waals surface area contributed by atoms with E-state index in [1.807, 2.05) is 4.90 Å². The average molecular weight is 515 g/mol. The van der Waals surface area contributed by atoms with Crippen molar-refractivity contribution < 1.29 is 8.42 Å². The first kappa shape index (κ1) is 25.6. The zero-order valence-electron chi connectivity index (χ0n) is 20.6. The van der Waals surface area contributed by atoms with E-state index in [1.54, 1.807) is 36.0 Å². The maximum Gasteiger partial charge on any atom is 0.333 e. The van der Waals surface area contributed by atoms with Crippen molar-refractivity contribution in [2.24, 2.45) is 12.8 Å². The average Bonchev–Trinajstić information content (AvgIpc) is 3.24. The van der Waals surface area contributed by atoms with E-state index in [4.69, 9.17) is 5.73 Å². The van der Waals surface area contributed by atoms with Gasteiger partial charge in [0.15, 0.2) is 11.2 Å². The second-order valence-electron chi connectivity index (χ2n) is 8.88. The number of imidazole rings is 1. The number of pyridine rings is 1. The van der Waals surface area contributed by atoms with Crippen LogP contribution in [0.15, 0.2) is 34.1 Å². The molecule has 4 heterocycles. The van der Waals surface area contributed by atoms with Gasteiger partial charge < -0.3 is 10.6 Å². The van der Waals surface area contributed by atoms with Crippen LogP contribution in [0.2, 0.25) is 0 Å². The van der Waals surface area contributed by atoms with Gasteiger partial charge in [-0.1, -0.05) is 12.0 Å². The number of fused-ring (bicyclic) bond motifs is 1. The summed E-state index contributed by atoms with van der Waals surface area (Å²) in [5, 5.41) is 0. The highest BCUT2D eigenvalue weighted by atomic mass is 32.2. The molecular weight excluding hydrogens is 484 g/mol. The lowest BCUT2D eigenvalue weighted by atomic mass is 10.1. The highest BCUT2D eigenvalue weighted by molar-refractivity contribution is 7.88. The van der Waals surface area contributed by atoms with Crippen LogP contribution < -0.4 is 21.9 Å². The number of anilines is 1. The van der Waals surface area contributed by atoms with E-state index in [2.05, 4.69) is 21.8 Å². The Kier molecular flexibility index (Phi) is 7.30. The number of nitrogens with zero attached hydrogens (tertiary/aromatic N) is 7. The zero-order chi connectivity index (χ0) is 26.0. The lowest BCUT2D eigenvalue weighted by Crippen LogP contribution is -2.44. The second-order valence-corrected chi connectivity index (χ2v) is 10.9. The number of rotatable bonds is 7. The fourth-order valence-electron chi connectivity index (χ4n) is 4.32. The minimum Gasteiger partial charge on any atom is -0.341 e. The molecule has 36 heavy (non-hydrogen) atoms. The lowest BCUT2D eigenvalue weighted by Gasteiger charge is -2.31. The molecule has 4 rings (SSSR count). The number of aryl methyl sites for hydroxylation is 1. The molecule has 192 valence electrons. The first-order chi connectivity index (χ1) is 17.1. The summed E-state index contributed by atoms with van der Waals surface area (Å²) in [6.07, 6.45) is 4.91. The molecule has 0 amide bonds. The summed E-state index contributed by atoms with van der Waals surface area (Å²) in [7, 11) is -1.15. The van der Waals surface area contributed by atoms with Crippen molar-refractivity contribution in [3.05, 3.63) is 50.9 Å². The molecule has 1 fully saturated rings. The summed E-state index contributed by atoms with van der Waals surface area (Å²) in [5.41, 5.74) is 5.65. The van der Waals surface area contributed by atoms with Crippen molar-refractivity contribution in [2.75, 3.05) is 25.0 Å². The van der Waals surface area contributed by atoms with Crippen LogP contribution in [0.3, 0.4) is 0 Å². The van der Waals surface area contributed by atoms with Crippen LogP contribution >= 0.6 is 0 Å². The standard InChI is InChI=1S/C23H30N8O4S/c1-4-5-12-30-19-20(26-22(30)29-11-7-9-18(24)15-29)28(3)23(33)31(21(19)32)16-36(34,35)27(2)14-17-8-6-10-25-13-17/h6,8,10,13,18H,7,9,11-12,14-16,24H2,1-3H3. The number of nitrogens with two attached hydrogens (primary N) is 1. The fraction of sp³-hybridized carbons (Fsp3) is 0.478. The summed E-state index contributed by atoms with van der Waals surface area (Å²) in [6, 6.07) is 3.42. The second kappa shape index (κ2) is 10.3. The quantitative estimate of drug-likeness (QED) is 0.422. The van der Waals surface area contributed by atoms with Gasteiger partial charge in [0.1, 0.15) is 5.88 Å². The van der Waals surface area contributed by atoms with Gasteiger partial charge in [-0.25, -0.2) is 17.8 Å². The van der Waals surface area contributed by atoms with Crippen LogP contribution in [0, 0.1) is 11.8 Å². The Balaban J connectivity index is 1.81. The Morgan fingerprint density at radius 3 is 2.72 bits per heavy atom. The van der Waals surface area contributed by atoms with Gasteiger partial charge in [-0.15, -0.1) is 5.92 Å². The van der Waals surface area contributed by atoms with Gasteiger partial charge in [0.05, 0.1) is 6.54 Å². The Morgan fingerprint density at radius 2 is 2.06 bits per heavy atom. The first-order valence-electron chi connectivity index (χ1n) is 11.6. The van der Waals surface area contributed by atoms with Crippen molar-refractivity contribution in [2.45, 2.75) is 44.8 Å². The predicted octanol–water partition coefficient (Wildman–Crippen LogP) is -0.338. The summed E-state index contributed by atoms with van der Waals surface area (Å²) in [4.78, 5) is 37.4. The first-order valence-corrected chi connectivity index (χ1v) is 13.2. The van der Waals surface area contributed by atoms with Crippen LogP contribution in [0.4, 0.5) is 5.95 Å². The van der Waals surface area contributed by atoms with E-state index in [-0.39, 0.29) is 30.3 Å². The van der Waals surface area contributed by atoms with Crippen molar-refractivity contribution in [3.8, 4) is 11.8 Å². The lowest BCUT2D eigenvalue weighted by molar-refractivity contribution is 0.454. The van der Waals surface area contributed by atoms with E-state index in [0.29, 0.717) is 24.6 Å². The molecule has 0 saturated carbocycles. The minimum absolute atomic E-state index is 0.0368. The van der Waals surface area contributed by atoms with Crippen molar-refractivity contribution in [1.82, 2.24) is 28.0 Å². The van der Waals surface area contributed by atoms with Gasteiger partial charge in [-0.3, -0.25) is 18.9 Å². The van der Waals surface area contributed by atoms with E-state index < -0.39 is 27.1 Å². The molecule has 1 aliphatic heterocycles. The van der Waals surface area contributed by atoms with Crippen LogP contribution in [0.25, 0.3) is 11.2 Å². The van der Waals surface area contributed by atoms with Crippen molar-refractivity contribution in [1.29, 1.82) is 0 Å². The highest BCUT2D eigenvalue weighted by Crippen LogP contribution is 2.23. The minimum atomic E-state index is -4.02. The molecule has 3 aromatic rings. The summed E-state index contributed by atoms with van der Waals surface area (Å²) in [6.45, 7) is 3.16. The number of aromatic nitrogens is 5. The Bertz CT molecular complexity index is 1550. The number of hydrogen-bond acceptors (Lipinski definition) is 8. The molecule has 13 heteroatoms. The van der Waals surface area contributed by atoms with Crippen LogP contribution in [0.1, 0.15) is 25.3 Å². The zero-order valence-corrected chi connectivity index (χ0v) is 21.4. The summed E-state index contributed by atoms with van der Waals surface area (Å²) >= 11 is 0. The smallest absolute Gasteiger partial charge is 0.333 e. The molecule has 0 spiro atoms. The summed E-state index contributed by atoms with van der Waals surface area (Å²) in [5.74, 6) is 5.46. The van der Waals surface area contributed by atoms with Gasteiger partial charge >= 0.3 is 5.69 Å². The van der Waals surface area contributed by atoms with E-state index in [9.17, 15) is 18.0 Å². The third-order valence-electron chi connectivity index (χ3n) is 6.26. The van der Waals surface area contributed by atoms with Gasteiger partial charge in [0.2, 0.25) is 16.0 Å². The number of piperidine rings is 1. The Labute approximate surface area is 209 Å². The van der Waals surface area contributed by atoms with E-state index in [0.717, 1.165) is 21.7 Å². The van der Waals surface area contributed by atoms with E-state index in [1.165, 1.54) is 18.7 Å². The van der Waals surface area contributed by atoms with Crippen molar-refractivity contribution >= 4 is 27.1 Å². The molecule has 1 saturated heterocycles. The molecule has 1 aliphatic rings. The maximum atomic E-state index is 13.6. The molecule has 1 unspecified atom stereocenters.